The van der Waals surface area contributed by atoms with Gasteiger partial charge in [0.15, 0.2) is 0 Å². The number of nitrogens with two attached hydrogens (primary N) is 1. The molecule has 0 spiro atoms. The zero-order valence-corrected chi connectivity index (χ0v) is 11.5. The largest absolute Gasteiger partial charge is 0.358 e. The van der Waals surface area contributed by atoms with Crippen LogP contribution in [0.1, 0.15) is 39.4 Å². The molecule has 1 rings (SSSR count). The smallest absolute Gasteiger partial charge is 0.333 e. The summed E-state index contributed by atoms with van der Waals surface area (Å²) in [6.45, 7) is 9.64. The SMILES string of the molecule is Cc1nn(C(C)C)c(NC(C)(C)CN)c1[N+](=O)[O-]. The molecule has 0 aliphatic rings. The Kier molecular flexibility index (Phi) is 3.95. The van der Waals surface area contributed by atoms with Gasteiger partial charge in [-0.1, -0.05) is 0 Å². The lowest BCUT2D eigenvalue weighted by Crippen LogP contribution is -2.40. The molecule has 0 saturated heterocycles. The van der Waals surface area contributed by atoms with Gasteiger partial charge >= 0.3 is 5.69 Å². The number of rotatable bonds is 5. The second-order valence-corrected chi connectivity index (χ2v) is 5.29. The number of nitro groups is 1. The monoisotopic (exact) mass is 255 g/mol. The van der Waals surface area contributed by atoms with Gasteiger partial charge in [0.05, 0.1) is 4.92 Å². The van der Waals surface area contributed by atoms with Gasteiger partial charge < -0.3 is 11.1 Å². The molecule has 102 valence electrons. The maximum Gasteiger partial charge on any atom is 0.333 e. The molecule has 0 atom stereocenters. The summed E-state index contributed by atoms with van der Waals surface area (Å²) in [4.78, 5) is 10.7. The molecule has 0 aliphatic heterocycles. The fraction of sp³-hybridized carbons (Fsp3) is 0.727. The quantitative estimate of drug-likeness (QED) is 0.617. The van der Waals surface area contributed by atoms with Gasteiger partial charge in [-0.2, -0.15) is 5.10 Å². The van der Waals surface area contributed by atoms with Crippen molar-refractivity contribution in [2.75, 3.05) is 11.9 Å². The summed E-state index contributed by atoms with van der Waals surface area (Å²) >= 11 is 0. The highest BCUT2D eigenvalue weighted by molar-refractivity contribution is 5.61. The van der Waals surface area contributed by atoms with E-state index >= 15 is 0 Å². The van der Waals surface area contributed by atoms with Crippen molar-refractivity contribution < 1.29 is 4.92 Å². The lowest BCUT2D eigenvalue weighted by Gasteiger charge is -2.26. The molecule has 0 aliphatic carbocycles. The Hall–Kier alpha value is -1.63. The molecule has 1 heterocycles. The van der Waals surface area contributed by atoms with E-state index in [0.29, 0.717) is 18.1 Å². The fourth-order valence-corrected chi connectivity index (χ4v) is 1.62. The first kappa shape index (κ1) is 14.4. The van der Waals surface area contributed by atoms with Crippen LogP contribution in [0.15, 0.2) is 0 Å². The summed E-state index contributed by atoms with van der Waals surface area (Å²) in [7, 11) is 0. The van der Waals surface area contributed by atoms with Crippen molar-refractivity contribution in [3.63, 3.8) is 0 Å². The molecule has 1 aromatic rings. The Morgan fingerprint density at radius 1 is 1.56 bits per heavy atom. The van der Waals surface area contributed by atoms with Crippen LogP contribution in [-0.2, 0) is 0 Å². The second kappa shape index (κ2) is 4.93. The van der Waals surface area contributed by atoms with E-state index in [1.165, 1.54) is 0 Å². The first-order valence-corrected chi connectivity index (χ1v) is 5.91. The van der Waals surface area contributed by atoms with Crippen molar-refractivity contribution in [3.8, 4) is 0 Å². The number of hydrogen-bond acceptors (Lipinski definition) is 5. The van der Waals surface area contributed by atoms with E-state index < -0.39 is 10.5 Å². The summed E-state index contributed by atoms with van der Waals surface area (Å²) in [6, 6.07) is 0.0356. The Balaban J connectivity index is 3.33. The maximum atomic E-state index is 11.1. The topological polar surface area (TPSA) is 99.0 Å². The van der Waals surface area contributed by atoms with Crippen molar-refractivity contribution in [1.29, 1.82) is 0 Å². The predicted octanol–water partition coefficient (Wildman–Crippen LogP) is 1.83. The average molecular weight is 255 g/mol. The average Bonchev–Trinajstić information content (AvgIpc) is 2.54. The standard InChI is InChI=1S/C11H21N5O2/c1-7(2)15-10(13-11(4,5)6-12)9(16(17)18)8(3)14-15/h7,13H,6,12H2,1-5H3. The zero-order chi connectivity index (χ0) is 14.1. The molecule has 0 fully saturated rings. The van der Waals surface area contributed by atoms with E-state index in [2.05, 4.69) is 10.4 Å². The van der Waals surface area contributed by atoms with Gasteiger partial charge in [0.1, 0.15) is 5.69 Å². The number of hydrogen-bond donors (Lipinski definition) is 2. The highest BCUT2D eigenvalue weighted by Crippen LogP contribution is 2.32. The van der Waals surface area contributed by atoms with Crippen LogP contribution < -0.4 is 11.1 Å². The van der Waals surface area contributed by atoms with Crippen molar-refractivity contribution in [2.24, 2.45) is 5.73 Å². The third-order valence-electron chi connectivity index (χ3n) is 2.69. The van der Waals surface area contributed by atoms with Crippen LogP contribution in [0.25, 0.3) is 0 Å². The Bertz CT molecular complexity index is 451. The molecule has 0 unspecified atom stereocenters. The Morgan fingerprint density at radius 2 is 2.11 bits per heavy atom. The molecule has 0 aromatic carbocycles. The number of nitrogens with one attached hydrogen (secondary N) is 1. The third-order valence-corrected chi connectivity index (χ3v) is 2.69. The van der Waals surface area contributed by atoms with E-state index in [1.807, 2.05) is 27.7 Å². The Labute approximate surface area is 107 Å². The van der Waals surface area contributed by atoms with Gasteiger partial charge in [-0.05, 0) is 34.6 Å². The molecule has 7 nitrogen and oxygen atoms in total. The van der Waals surface area contributed by atoms with Crippen LogP contribution in [0, 0.1) is 17.0 Å². The van der Waals surface area contributed by atoms with Gasteiger partial charge in [-0.3, -0.25) is 10.1 Å². The minimum Gasteiger partial charge on any atom is -0.358 e. The lowest BCUT2D eigenvalue weighted by atomic mass is 10.1. The first-order valence-electron chi connectivity index (χ1n) is 5.91. The number of aryl methyl sites for hydroxylation is 1. The minimum atomic E-state index is -0.427. The molecule has 0 amide bonds. The molecule has 3 N–H and O–H groups in total. The molecular weight excluding hydrogens is 234 g/mol. The lowest BCUT2D eigenvalue weighted by molar-refractivity contribution is -0.384. The summed E-state index contributed by atoms with van der Waals surface area (Å²) in [5.41, 5.74) is 5.65. The van der Waals surface area contributed by atoms with E-state index in [0.717, 1.165) is 0 Å². The summed E-state index contributed by atoms with van der Waals surface area (Å²) in [5, 5.41) is 18.5. The Morgan fingerprint density at radius 3 is 2.50 bits per heavy atom. The van der Waals surface area contributed by atoms with Gasteiger partial charge in [-0.15, -0.1) is 0 Å². The second-order valence-electron chi connectivity index (χ2n) is 5.29. The highest BCUT2D eigenvalue weighted by atomic mass is 16.6. The fourth-order valence-electron chi connectivity index (χ4n) is 1.62. The molecule has 0 saturated carbocycles. The maximum absolute atomic E-state index is 11.1. The van der Waals surface area contributed by atoms with Crippen LogP contribution in [0.2, 0.25) is 0 Å². The van der Waals surface area contributed by atoms with Gasteiger partial charge in [-0.25, -0.2) is 4.68 Å². The van der Waals surface area contributed by atoms with Crippen LogP contribution in [0.4, 0.5) is 11.5 Å². The summed E-state index contributed by atoms with van der Waals surface area (Å²) < 4.78 is 1.63. The predicted molar refractivity (Wildman–Crippen MR) is 70.8 cm³/mol. The molecular formula is C11H21N5O2. The van der Waals surface area contributed by atoms with Crippen molar-refractivity contribution in [1.82, 2.24) is 9.78 Å². The van der Waals surface area contributed by atoms with Crippen molar-refractivity contribution >= 4 is 11.5 Å². The number of anilines is 1. The highest BCUT2D eigenvalue weighted by Gasteiger charge is 2.30. The van der Waals surface area contributed by atoms with Crippen molar-refractivity contribution in [2.45, 2.75) is 46.2 Å². The van der Waals surface area contributed by atoms with E-state index in [-0.39, 0.29) is 11.7 Å². The van der Waals surface area contributed by atoms with Gasteiger partial charge in [0.25, 0.3) is 0 Å². The molecule has 0 bridgehead atoms. The van der Waals surface area contributed by atoms with Gasteiger partial charge in [0, 0.05) is 18.1 Å². The number of aromatic nitrogens is 2. The van der Waals surface area contributed by atoms with Crippen LogP contribution >= 0.6 is 0 Å². The van der Waals surface area contributed by atoms with Crippen LogP contribution in [-0.4, -0.2) is 26.8 Å². The van der Waals surface area contributed by atoms with Crippen LogP contribution in [0.5, 0.6) is 0 Å². The minimum absolute atomic E-state index is 0.0187. The van der Waals surface area contributed by atoms with Gasteiger partial charge in [0.2, 0.25) is 5.82 Å². The summed E-state index contributed by atoms with van der Waals surface area (Å²) in [5.74, 6) is 0.419. The molecule has 18 heavy (non-hydrogen) atoms. The normalized spacial score (nSPS) is 11.9. The van der Waals surface area contributed by atoms with E-state index in [1.54, 1.807) is 11.6 Å². The number of nitrogens with zero attached hydrogens (tertiary/aromatic N) is 3. The van der Waals surface area contributed by atoms with Crippen LogP contribution in [0.3, 0.4) is 0 Å². The van der Waals surface area contributed by atoms with E-state index in [9.17, 15) is 10.1 Å². The first-order chi connectivity index (χ1) is 8.19. The molecule has 7 heteroatoms. The molecule has 0 radical (unpaired) electrons. The van der Waals surface area contributed by atoms with Crippen molar-refractivity contribution in [3.05, 3.63) is 15.8 Å². The third kappa shape index (κ3) is 2.79. The van der Waals surface area contributed by atoms with E-state index in [4.69, 9.17) is 5.73 Å². The zero-order valence-electron chi connectivity index (χ0n) is 11.5. The summed E-state index contributed by atoms with van der Waals surface area (Å²) in [6.07, 6.45) is 0. The molecule has 1 aromatic heterocycles.